The fourth-order valence-corrected chi connectivity index (χ4v) is 2.30. The first kappa shape index (κ1) is 18.3. The summed E-state index contributed by atoms with van der Waals surface area (Å²) in [5, 5.41) is 3.38. The van der Waals surface area contributed by atoms with Crippen LogP contribution in [0.5, 0.6) is 5.75 Å². The lowest BCUT2D eigenvalue weighted by Gasteiger charge is -2.25. The molecule has 0 fully saturated rings. The number of ether oxygens (including phenoxy) is 1. The Morgan fingerprint density at radius 1 is 1.36 bits per heavy atom. The first-order valence-corrected chi connectivity index (χ1v) is 7.55. The fraction of sp³-hybridized carbons (Fsp3) is 0.500. The summed E-state index contributed by atoms with van der Waals surface area (Å²) < 4.78 is 5.22. The lowest BCUT2D eigenvalue weighted by Crippen LogP contribution is -2.37. The van der Waals surface area contributed by atoms with E-state index in [0.29, 0.717) is 23.0 Å². The van der Waals surface area contributed by atoms with Gasteiger partial charge >= 0.3 is 0 Å². The van der Waals surface area contributed by atoms with Crippen molar-refractivity contribution >= 4 is 29.1 Å². The van der Waals surface area contributed by atoms with Crippen LogP contribution in [0, 0.1) is 6.92 Å². The van der Waals surface area contributed by atoms with E-state index in [9.17, 15) is 9.59 Å². The maximum atomic E-state index is 12.1. The van der Waals surface area contributed by atoms with Gasteiger partial charge in [-0.25, -0.2) is 0 Å². The van der Waals surface area contributed by atoms with Crippen LogP contribution in [0.1, 0.15) is 32.8 Å². The monoisotopic (exact) mass is 326 g/mol. The van der Waals surface area contributed by atoms with Crippen molar-refractivity contribution < 1.29 is 14.3 Å². The van der Waals surface area contributed by atoms with Crippen LogP contribution < -0.4 is 10.1 Å². The predicted octanol–water partition coefficient (Wildman–Crippen LogP) is 3.24. The summed E-state index contributed by atoms with van der Waals surface area (Å²) >= 11 is 6.04. The van der Waals surface area contributed by atoms with Crippen molar-refractivity contribution in [1.29, 1.82) is 0 Å². The number of benzene rings is 1. The van der Waals surface area contributed by atoms with Crippen LogP contribution in [0.15, 0.2) is 12.1 Å². The van der Waals surface area contributed by atoms with Gasteiger partial charge in [0.2, 0.25) is 11.8 Å². The lowest BCUT2D eigenvalue weighted by atomic mass is 10.2. The summed E-state index contributed by atoms with van der Waals surface area (Å²) in [6.45, 7) is 7.58. The van der Waals surface area contributed by atoms with Crippen molar-refractivity contribution in [2.75, 3.05) is 19.0 Å². The zero-order chi connectivity index (χ0) is 16.9. The van der Waals surface area contributed by atoms with E-state index in [1.807, 2.05) is 20.8 Å². The van der Waals surface area contributed by atoms with E-state index < -0.39 is 0 Å². The molecule has 0 aromatic heterocycles. The maximum Gasteiger partial charge on any atom is 0.226 e. The summed E-state index contributed by atoms with van der Waals surface area (Å²) in [6.07, 6.45) is 0.225. The highest BCUT2D eigenvalue weighted by molar-refractivity contribution is 6.31. The van der Waals surface area contributed by atoms with E-state index in [0.717, 1.165) is 5.56 Å². The third kappa shape index (κ3) is 4.91. The first-order valence-electron chi connectivity index (χ1n) is 7.17. The molecule has 6 heteroatoms. The zero-order valence-corrected chi connectivity index (χ0v) is 14.5. The van der Waals surface area contributed by atoms with E-state index in [-0.39, 0.29) is 24.3 Å². The van der Waals surface area contributed by atoms with Gasteiger partial charge < -0.3 is 15.0 Å². The minimum Gasteiger partial charge on any atom is -0.495 e. The van der Waals surface area contributed by atoms with Crippen LogP contribution in [-0.4, -0.2) is 36.4 Å². The van der Waals surface area contributed by atoms with Gasteiger partial charge in [-0.05, 0) is 32.4 Å². The Kier molecular flexibility index (Phi) is 6.68. The number of nitrogens with one attached hydrogen (secondary N) is 1. The van der Waals surface area contributed by atoms with Crippen molar-refractivity contribution in [1.82, 2.24) is 4.90 Å². The molecule has 0 aliphatic rings. The van der Waals surface area contributed by atoms with Gasteiger partial charge in [-0.15, -0.1) is 0 Å². The highest BCUT2D eigenvalue weighted by Gasteiger charge is 2.15. The number of aryl methyl sites for hydroxylation is 1. The zero-order valence-electron chi connectivity index (χ0n) is 13.7. The molecule has 122 valence electrons. The van der Waals surface area contributed by atoms with Crippen molar-refractivity contribution in [2.45, 2.75) is 40.2 Å². The fourth-order valence-electron chi connectivity index (χ4n) is 2.14. The SMILES string of the molecule is COc1cc(Cl)c(C)cc1NC(=O)CCN(C(C)=O)C(C)C. The van der Waals surface area contributed by atoms with Crippen LogP contribution in [0.4, 0.5) is 5.69 Å². The van der Waals surface area contributed by atoms with Crippen LogP contribution in [-0.2, 0) is 9.59 Å². The van der Waals surface area contributed by atoms with Crippen molar-refractivity contribution in [3.8, 4) is 5.75 Å². The molecule has 0 unspecified atom stereocenters. The highest BCUT2D eigenvalue weighted by atomic mass is 35.5. The smallest absolute Gasteiger partial charge is 0.226 e. The molecule has 0 radical (unpaired) electrons. The van der Waals surface area contributed by atoms with Gasteiger partial charge in [0.15, 0.2) is 0 Å². The molecule has 5 nitrogen and oxygen atoms in total. The third-order valence-corrected chi connectivity index (χ3v) is 3.77. The van der Waals surface area contributed by atoms with E-state index >= 15 is 0 Å². The minimum atomic E-state index is -0.174. The van der Waals surface area contributed by atoms with Gasteiger partial charge in [0, 0.05) is 37.0 Å². The summed E-state index contributed by atoms with van der Waals surface area (Å²) in [6, 6.07) is 3.50. The van der Waals surface area contributed by atoms with Gasteiger partial charge in [-0.2, -0.15) is 0 Å². The molecule has 0 saturated heterocycles. The standard InChI is InChI=1S/C16H23ClN2O3/c1-10(2)19(12(4)20)7-6-16(21)18-14-8-11(3)13(17)9-15(14)22-5/h8-10H,6-7H2,1-5H3,(H,18,21). The molecule has 1 N–H and O–H groups in total. The topological polar surface area (TPSA) is 58.6 Å². The van der Waals surface area contributed by atoms with E-state index in [1.54, 1.807) is 17.0 Å². The summed E-state index contributed by atoms with van der Waals surface area (Å²) in [5.41, 5.74) is 1.43. The van der Waals surface area contributed by atoms with Crippen molar-refractivity contribution in [3.63, 3.8) is 0 Å². The van der Waals surface area contributed by atoms with Gasteiger partial charge in [0.1, 0.15) is 5.75 Å². The third-order valence-electron chi connectivity index (χ3n) is 3.36. The number of anilines is 1. The number of halogens is 1. The molecule has 0 spiro atoms. The molecule has 1 rings (SSSR count). The van der Waals surface area contributed by atoms with Gasteiger partial charge in [0.25, 0.3) is 0 Å². The molecule has 0 aliphatic heterocycles. The Bertz CT molecular complexity index is 559. The molecule has 1 aromatic rings. The predicted molar refractivity (Wildman–Crippen MR) is 88.5 cm³/mol. The van der Waals surface area contributed by atoms with Gasteiger partial charge in [-0.3, -0.25) is 9.59 Å². The number of carbonyl (C=O) groups is 2. The average Bonchev–Trinajstić information content (AvgIpc) is 2.41. The Morgan fingerprint density at radius 2 is 2.00 bits per heavy atom. The van der Waals surface area contributed by atoms with Crippen molar-refractivity contribution in [2.24, 2.45) is 0 Å². The largest absolute Gasteiger partial charge is 0.495 e. The lowest BCUT2D eigenvalue weighted by molar-refractivity contribution is -0.130. The molecule has 0 saturated carbocycles. The van der Waals surface area contributed by atoms with Gasteiger partial charge in [0.05, 0.1) is 12.8 Å². The molecular weight excluding hydrogens is 304 g/mol. The number of hydrogen-bond acceptors (Lipinski definition) is 3. The van der Waals surface area contributed by atoms with Crippen LogP contribution >= 0.6 is 11.6 Å². The first-order chi connectivity index (χ1) is 10.3. The molecule has 0 heterocycles. The summed E-state index contributed by atoms with van der Waals surface area (Å²) in [7, 11) is 1.52. The number of carbonyl (C=O) groups excluding carboxylic acids is 2. The molecule has 22 heavy (non-hydrogen) atoms. The Morgan fingerprint density at radius 3 is 2.50 bits per heavy atom. The molecule has 2 amide bonds. The second-order valence-corrected chi connectivity index (χ2v) is 5.81. The van der Waals surface area contributed by atoms with Crippen molar-refractivity contribution in [3.05, 3.63) is 22.7 Å². The Balaban J connectivity index is 2.73. The number of rotatable bonds is 6. The minimum absolute atomic E-state index is 0.0392. The summed E-state index contributed by atoms with van der Waals surface area (Å²) in [4.78, 5) is 25.2. The summed E-state index contributed by atoms with van der Waals surface area (Å²) in [5.74, 6) is 0.297. The number of amides is 2. The number of hydrogen-bond donors (Lipinski definition) is 1. The van der Waals surface area contributed by atoms with E-state index in [4.69, 9.17) is 16.3 Å². The van der Waals surface area contributed by atoms with Crippen LogP contribution in [0.3, 0.4) is 0 Å². The normalized spacial score (nSPS) is 10.5. The van der Waals surface area contributed by atoms with Crippen LogP contribution in [0.2, 0.25) is 5.02 Å². The Hall–Kier alpha value is -1.75. The molecule has 1 aromatic carbocycles. The van der Waals surface area contributed by atoms with E-state index in [2.05, 4.69) is 5.32 Å². The van der Waals surface area contributed by atoms with E-state index in [1.165, 1.54) is 14.0 Å². The molecule has 0 aliphatic carbocycles. The number of methoxy groups -OCH3 is 1. The Labute approximate surface area is 136 Å². The quantitative estimate of drug-likeness (QED) is 0.873. The maximum absolute atomic E-state index is 12.1. The average molecular weight is 327 g/mol. The molecule has 0 bridgehead atoms. The molecular formula is C16H23ClN2O3. The second-order valence-electron chi connectivity index (χ2n) is 5.41. The molecule has 0 atom stereocenters. The number of nitrogens with zero attached hydrogens (tertiary/aromatic N) is 1. The van der Waals surface area contributed by atoms with Crippen LogP contribution in [0.25, 0.3) is 0 Å². The highest BCUT2D eigenvalue weighted by Crippen LogP contribution is 2.30. The van der Waals surface area contributed by atoms with Gasteiger partial charge in [-0.1, -0.05) is 11.6 Å². The second kappa shape index (κ2) is 8.03.